The first-order valence-electron chi connectivity index (χ1n) is 8.25. The molecule has 0 bridgehead atoms. The molecule has 0 radical (unpaired) electrons. The quantitative estimate of drug-likeness (QED) is 0.677. The van der Waals surface area contributed by atoms with Crippen LogP contribution in [0.1, 0.15) is 12.1 Å². The minimum absolute atomic E-state index is 0.526. The number of ether oxygens (including phenoxy) is 2. The van der Waals surface area contributed by atoms with Gasteiger partial charge in [0.15, 0.2) is 0 Å². The number of rotatable bonds is 9. The second-order valence-electron chi connectivity index (χ2n) is 5.99. The van der Waals surface area contributed by atoms with Gasteiger partial charge in [-0.1, -0.05) is 0 Å². The van der Waals surface area contributed by atoms with Crippen molar-refractivity contribution < 1.29 is 9.47 Å². The molecule has 0 atom stereocenters. The Morgan fingerprint density at radius 3 is 2.56 bits per heavy atom. The average Bonchev–Trinajstić information content (AvgIpc) is 2.58. The summed E-state index contributed by atoms with van der Waals surface area (Å²) in [4.78, 5) is 11.1. The monoisotopic (exact) mass is 345 g/mol. The third kappa shape index (κ3) is 5.79. The SMILES string of the molecule is COc1ccc(Nc2nc(C)cc(NCCCN(C)C)n2)c(OC)c1. The van der Waals surface area contributed by atoms with Crippen molar-refractivity contribution in [1.82, 2.24) is 14.9 Å². The molecule has 1 aromatic carbocycles. The molecule has 0 spiro atoms. The van der Waals surface area contributed by atoms with Crippen molar-refractivity contribution in [2.24, 2.45) is 0 Å². The lowest BCUT2D eigenvalue weighted by Crippen LogP contribution is -2.17. The van der Waals surface area contributed by atoms with Crippen LogP contribution in [0.25, 0.3) is 0 Å². The van der Waals surface area contributed by atoms with Gasteiger partial charge in [-0.05, 0) is 46.1 Å². The zero-order chi connectivity index (χ0) is 18.2. The molecule has 7 nitrogen and oxygen atoms in total. The predicted molar refractivity (Wildman–Crippen MR) is 101 cm³/mol. The first-order valence-corrected chi connectivity index (χ1v) is 8.25. The number of hydrogen-bond donors (Lipinski definition) is 2. The van der Waals surface area contributed by atoms with Crippen LogP contribution in [0.5, 0.6) is 11.5 Å². The summed E-state index contributed by atoms with van der Waals surface area (Å²) in [6.07, 6.45) is 1.05. The average molecular weight is 345 g/mol. The predicted octanol–water partition coefficient (Wildman–Crippen LogP) is 2.91. The molecule has 25 heavy (non-hydrogen) atoms. The molecule has 0 saturated carbocycles. The van der Waals surface area contributed by atoms with Gasteiger partial charge < -0.3 is 25.0 Å². The standard InChI is InChI=1S/C18H27N5O2/c1-13-11-17(19-9-6-10-23(2)3)22-18(20-13)21-15-8-7-14(24-4)12-16(15)25-5/h7-8,11-12H,6,9-10H2,1-5H3,(H2,19,20,21,22). The molecule has 2 rings (SSSR count). The highest BCUT2D eigenvalue weighted by molar-refractivity contribution is 5.65. The Balaban J connectivity index is 2.09. The van der Waals surface area contributed by atoms with E-state index in [1.54, 1.807) is 14.2 Å². The van der Waals surface area contributed by atoms with Crippen LogP contribution in [0.3, 0.4) is 0 Å². The number of anilines is 3. The number of methoxy groups -OCH3 is 2. The smallest absolute Gasteiger partial charge is 0.229 e. The highest BCUT2D eigenvalue weighted by Crippen LogP contribution is 2.30. The summed E-state index contributed by atoms with van der Waals surface area (Å²) in [5, 5.41) is 6.56. The van der Waals surface area contributed by atoms with Gasteiger partial charge in [-0.2, -0.15) is 4.98 Å². The Labute approximate surface area is 149 Å². The Morgan fingerprint density at radius 1 is 1.08 bits per heavy atom. The van der Waals surface area contributed by atoms with Crippen molar-refractivity contribution in [2.45, 2.75) is 13.3 Å². The van der Waals surface area contributed by atoms with Gasteiger partial charge in [-0.25, -0.2) is 4.98 Å². The summed E-state index contributed by atoms with van der Waals surface area (Å²) in [7, 11) is 7.38. The van der Waals surface area contributed by atoms with E-state index in [1.807, 2.05) is 31.2 Å². The number of nitrogens with one attached hydrogen (secondary N) is 2. The van der Waals surface area contributed by atoms with Crippen LogP contribution in [-0.2, 0) is 0 Å². The molecule has 0 unspecified atom stereocenters. The fraction of sp³-hybridized carbons (Fsp3) is 0.444. The van der Waals surface area contributed by atoms with E-state index in [0.29, 0.717) is 11.7 Å². The fourth-order valence-corrected chi connectivity index (χ4v) is 2.35. The minimum Gasteiger partial charge on any atom is -0.497 e. The van der Waals surface area contributed by atoms with Crippen LogP contribution < -0.4 is 20.1 Å². The number of aromatic nitrogens is 2. The summed E-state index contributed by atoms with van der Waals surface area (Å²) in [6.45, 7) is 3.84. The van der Waals surface area contributed by atoms with Crippen molar-refractivity contribution in [2.75, 3.05) is 52.0 Å². The molecule has 1 heterocycles. The summed E-state index contributed by atoms with van der Waals surface area (Å²) in [6, 6.07) is 7.50. The Hall–Kier alpha value is -2.54. The molecular weight excluding hydrogens is 318 g/mol. The van der Waals surface area contributed by atoms with Crippen molar-refractivity contribution in [3.05, 3.63) is 30.0 Å². The first kappa shape index (κ1) is 18.8. The highest BCUT2D eigenvalue weighted by atomic mass is 16.5. The van der Waals surface area contributed by atoms with E-state index >= 15 is 0 Å². The third-order valence-corrected chi connectivity index (χ3v) is 3.60. The lowest BCUT2D eigenvalue weighted by molar-refractivity contribution is 0.395. The Morgan fingerprint density at radius 2 is 1.88 bits per heavy atom. The van der Waals surface area contributed by atoms with Crippen LogP contribution in [0.2, 0.25) is 0 Å². The number of aryl methyl sites for hydroxylation is 1. The van der Waals surface area contributed by atoms with Crippen LogP contribution in [-0.4, -0.2) is 56.3 Å². The largest absolute Gasteiger partial charge is 0.497 e. The molecule has 0 aliphatic carbocycles. The second-order valence-corrected chi connectivity index (χ2v) is 5.99. The summed E-state index contributed by atoms with van der Waals surface area (Å²) in [5.74, 6) is 2.74. The molecule has 0 aliphatic rings. The van der Waals surface area contributed by atoms with Crippen LogP contribution >= 0.6 is 0 Å². The van der Waals surface area contributed by atoms with Gasteiger partial charge in [0.05, 0.1) is 19.9 Å². The van der Waals surface area contributed by atoms with Crippen LogP contribution in [0.4, 0.5) is 17.5 Å². The van der Waals surface area contributed by atoms with Crippen LogP contribution in [0.15, 0.2) is 24.3 Å². The van der Waals surface area contributed by atoms with Gasteiger partial charge in [0, 0.05) is 24.4 Å². The zero-order valence-corrected chi connectivity index (χ0v) is 15.6. The maximum atomic E-state index is 5.40. The topological polar surface area (TPSA) is 71.5 Å². The highest BCUT2D eigenvalue weighted by Gasteiger charge is 2.08. The van der Waals surface area contributed by atoms with Gasteiger partial charge in [0.2, 0.25) is 5.95 Å². The maximum absolute atomic E-state index is 5.40. The first-order chi connectivity index (χ1) is 12.0. The van der Waals surface area contributed by atoms with Crippen molar-refractivity contribution in [1.29, 1.82) is 0 Å². The molecule has 2 aromatic rings. The molecule has 1 aromatic heterocycles. The van der Waals surface area contributed by atoms with Gasteiger partial charge in [-0.15, -0.1) is 0 Å². The summed E-state index contributed by atoms with van der Waals surface area (Å²) < 4.78 is 10.6. The van der Waals surface area contributed by atoms with E-state index in [-0.39, 0.29) is 0 Å². The molecule has 2 N–H and O–H groups in total. The fourth-order valence-electron chi connectivity index (χ4n) is 2.35. The number of hydrogen-bond acceptors (Lipinski definition) is 7. The van der Waals surface area contributed by atoms with Gasteiger partial charge in [-0.3, -0.25) is 0 Å². The van der Waals surface area contributed by atoms with E-state index in [4.69, 9.17) is 9.47 Å². The van der Waals surface area contributed by atoms with Crippen molar-refractivity contribution in [3.8, 4) is 11.5 Å². The molecule has 7 heteroatoms. The minimum atomic E-state index is 0.526. The third-order valence-electron chi connectivity index (χ3n) is 3.60. The molecular formula is C18H27N5O2. The molecule has 0 fully saturated rings. The van der Waals surface area contributed by atoms with Gasteiger partial charge in [0.25, 0.3) is 0 Å². The Bertz CT molecular complexity index is 691. The van der Waals surface area contributed by atoms with E-state index in [9.17, 15) is 0 Å². The van der Waals surface area contributed by atoms with E-state index in [0.717, 1.165) is 42.5 Å². The zero-order valence-electron chi connectivity index (χ0n) is 15.6. The molecule has 0 saturated heterocycles. The molecule has 136 valence electrons. The second kappa shape index (κ2) is 9.08. The normalized spacial score (nSPS) is 10.6. The molecule has 0 amide bonds. The van der Waals surface area contributed by atoms with E-state index in [2.05, 4.69) is 39.6 Å². The van der Waals surface area contributed by atoms with Gasteiger partial charge >= 0.3 is 0 Å². The molecule has 0 aliphatic heterocycles. The summed E-state index contributed by atoms with van der Waals surface area (Å²) >= 11 is 0. The summed E-state index contributed by atoms with van der Waals surface area (Å²) in [5.41, 5.74) is 1.67. The van der Waals surface area contributed by atoms with E-state index in [1.165, 1.54) is 0 Å². The van der Waals surface area contributed by atoms with Gasteiger partial charge in [0.1, 0.15) is 17.3 Å². The lowest BCUT2D eigenvalue weighted by Gasteiger charge is -2.14. The Kier molecular flexibility index (Phi) is 6.82. The lowest BCUT2D eigenvalue weighted by atomic mass is 10.2. The number of benzene rings is 1. The maximum Gasteiger partial charge on any atom is 0.229 e. The van der Waals surface area contributed by atoms with E-state index < -0.39 is 0 Å². The van der Waals surface area contributed by atoms with Crippen LogP contribution in [0, 0.1) is 6.92 Å². The van der Waals surface area contributed by atoms with Crippen molar-refractivity contribution >= 4 is 17.5 Å². The van der Waals surface area contributed by atoms with Crippen molar-refractivity contribution in [3.63, 3.8) is 0 Å². The number of nitrogens with zero attached hydrogens (tertiary/aromatic N) is 3.